The average molecular weight is 314 g/mol. The third-order valence-electron chi connectivity index (χ3n) is 2.83. The third-order valence-corrected chi connectivity index (χ3v) is 3.85. The Balaban J connectivity index is 1.65. The van der Waals surface area contributed by atoms with Crippen molar-refractivity contribution in [2.75, 3.05) is 0 Å². The van der Waals surface area contributed by atoms with Gasteiger partial charge >= 0.3 is 0 Å². The molecule has 3 rings (SSSR count). The lowest BCUT2D eigenvalue weighted by Crippen LogP contribution is -2.10. The van der Waals surface area contributed by atoms with Gasteiger partial charge < -0.3 is 0 Å². The number of hydrogen-bond donors (Lipinski definition) is 1. The second-order valence-electron chi connectivity index (χ2n) is 4.33. The number of hydrazone groups is 1. The van der Waals surface area contributed by atoms with Gasteiger partial charge in [-0.25, -0.2) is 4.99 Å². The maximum absolute atomic E-state index is 5.84. The van der Waals surface area contributed by atoms with Crippen LogP contribution >= 0.6 is 23.4 Å². The highest BCUT2D eigenvalue weighted by atomic mass is 35.5. The molecule has 0 amide bonds. The zero-order valence-corrected chi connectivity index (χ0v) is 12.6. The Morgan fingerprint density at radius 3 is 2.48 bits per heavy atom. The van der Waals surface area contributed by atoms with E-state index in [0.29, 0.717) is 10.2 Å². The summed E-state index contributed by atoms with van der Waals surface area (Å²) in [6.07, 6.45) is 1.77. The van der Waals surface area contributed by atoms with E-state index in [1.807, 2.05) is 60.0 Å². The Morgan fingerprint density at radius 2 is 1.81 bits per heavy atom. The molecule has 21 heavy (non-hydrogen) atoms. The van der Waals surface area contributed by atoms with Crippen LogP contribution in [0.25, 0.3) is 5.70 Å². The Kier molecular flexibility index (Phi) is 4.38. The fourth-order valence-corrected chi connectivity index (χ4v) is 2.51. The van der Waals surface area contributed by atoms with E-state index in [1.165, 1.54) is 11.8 Å². The molecule has 1 N–H and O–H groups in total. The standard InChI is InChI=1S/C16H12ClN3S/c17-14-8-6-12(7-9-14)10-18-16-20-19-15(11-21-16)13-4-2-1-3-5-13/h1-11,19H. The van der Waals surface area contributed by atoms with Crippen molar-refractivity contribution in [1.29, 1.82) is 0 Å². The zero-order chi connectivity index (χ0) is 14.5. The molecule has 0 saturated heterocycles. The SMILES string of the molecule is Clc1ccc(C=NC2=NNC(c3ccccc3)=CS2)cc1. The van der Waals surface area contributed by atoms with Crippen LogP contribution in [-0.2, 0) is 0 Å². The summed E-state index contributed by atoms with van der Waals surface area (Å²) in [5.41, 5.74) is 6.09. The molecule has 0 saturated carbocycles. The Bertz CT molecular complexity index is 706. The number of nitrogens with one attached hydrogen (secondary N) is 1. The highest BCUT2D eigenvalue weighted by Gasteiger charge is 2.07. The zero-order valence-electron chi connectivity index (χ0n) is 11.0. The van der Waals surface area contributed by atoms with Gasteiger partial charge in [0.1, 0.15) is 0 Å². The molecule has 3 nitrogen and oxygen atoms in total. The normalized spacial score (nSPS) is 14.5. The van der Waals surface area contributed by atoms with Gasteiger partial charge in [0.05, 0.1) is 5.70 Å². The number of benzene rings is 2. The second-order valence-corrected chi connectivity index (χ2v) is 5.60. The number of aliphatic imine (C=N–C) groups is 1. The predicted molar refractivity (Wildman–Crippen MR) is 91.6 cm³/mol. The molecule has 1 aliphatic rings. The van der Waals surface area contributed by atoms with Crippen LogP contribution in [-0.4, -0.2) is 11.4 Å². The Hall–Kier alpha value is -2.04. The molecule has 0 unspecified atom stereocenters. The molecule has 0 aliphatic carbocycles. The van der Waals surface area contributed by atoms with E-state index in [-0.39, 0.29) is 0 Å². The van der Waals surface area contributed by atoms with Crippen LogP contribution in [0, 0.1) is 0 Å². The number of amidine groups is 1. The molecular weight excluding hydrogens is 302 g/mol. The van der Waals surface area contributed by atoms with E-state index in [9.17, 15) is 0 Å². The molecule has 0 atom stereocenters. The largest absolute Gasteiger partial charge is 0.275 e. The summed E-state index contributed by atoms with van der Waals surface area (Å²) >= 11 is 7.33. The van der Waals surface area contributed by atoms with Crippen LogP contribution in [0.2, 0.25) is 5.02 Å². The van der Waals surface area contributed by atoms with Crippen LogP contribution < -0.4 is 5.43 Å². The Morgan fingerprint density at radius 1 is 1.05 bits per heavy atom. The van der Waals surface area contributed by atoms with Crippen LogP contribution in [0.1, 0.15) is 11.1 Å². The number of hydrogen-bond acceptors (Lipinski definition) is 4. The highest BCUT2D eigenvalue weighted by molar-refractivity contribution is 8.16. The van der Waals surface area contributed by atoms with Gasteiger partial charge in [0.15, 0.2) is 0 Å². The molecule has 0 bridgehead atoms. The fraction of sp³-hybridized carbons (Fsp3) is 0. The summed E-state index contributed by atoms with van der Waals surface area (Å²) in [5.74, 6) is 0. The van der Waals surface area contributed by atoms with E-state index < -0.39 is 0 Å². The second kappa shape index (κ2) is 6.61. The van der Waals surface area contributed by atoms with E-state index in [0.717, 1.165) is 16.8 Å². The lowest BCUT2D eigenvalue weighted by molar-refractivity contribution is 0.992. The van der Waals surface area contributed by atoms with Crippen molar-refractivity contribution in [3.63, 3.8) is 0 Å². The van der Waals surface area contributed by atoms with Gasteiger partial charge in [0.2, 0.25) is 5.17 Å². The molecule has 0 fully saturated rings. The lowest BCUT2D eigenvalue weighted by Gasteiger charge is -2.11. The monoisotopic (exact) mass is 313 g/mol. The number of rotatable bonds is 2. The number of halogens is 1. The van der Waals surface area contributed by atoms with Crippen molar-refractivity contribution in [2.24, 2.45) is 10.1 Å². The van der Waals surface area contributed by atoms with E-state index in [2.05, 4.69) is 15.5 Å². The average Bonchev–Trinajstić information content (AvgIpc) is 2.56. The number of nitrogens with zero attached hydrogens (tertiary/aromatic N) is 2. The first kappa shape index (κ1) is 13.9. The van der Waals surface area contributed by atoms with Crippen molar-refractivity contribution in [3.05, 3.63) is 76.2 Å². The summed E-state index contributed by atoms with van der Waals surface area (Å²) in [6.45, 7) is 0. The van der Waals surface area contributed by atoms with Crippen LogP contribution in [0.3, 0.4) is 0 Å². The fourth-order valence-electron chi connectivity index (χ4n) is 1.76. The van der Waals surface area contributed by atoms with Crippen LogP contribution in [0.4, 0.5) is 0 Å². The predicted octanol–water partition coefficient (Wildman–Crippen LogP) is 4.36. The van der Waals surface area contributed by atoms with Gasteiger partial charge in [-0.3, -0.25) is 5.43 Å². The molecule has 2 aromatic rings. The van der Waals surface area contributed by atoms with Gasteiger partial charge in [0.25, 0.3) is 0 Å². The van der Waals surface area contributed by atoms with Crippen molar-refractivity contribution in [3.8, 4) is 0 Å². The lowest BCUT2D eigenvalue weighted by atomic mass is 10.2. The first-order valence-electron chi connectivity index (χ1n) is 6.37. The summed E-state index contributed by atoms with van der Waals surface area (Å²) in [7, 11) is 0. The maximum atomic E-state index is 5.84. The molecule has 0 radical (unpaired) electrons. The molecule has 1 heterocycles. The van der Waals surface area contributed by atoms with E-state index in [1.54, 1.807) is 6.21 Å². The Labute approximate surface area is 132 Å². The number of thioether (sulfide) groups is 1. The maximum Gasteiger partial charge on any atom is 0.210 e. The van der Waals surface area contributed by atoms with Crippen molar-refractivity contribution in [2.45, 2.75) is 0 Å². The topological polar surface area (TPSA) is 36.8 Å². The van der Waals surface area contributed by atoms with E-state index in [4.69, 9.17) is 11.6 Å². The minimum atomic E-state index is 0.671. The van der Waals surface area contributed by atoms with Gasteiger partial charge in [-0.05, 0) is 17.7 Å². The van der Waals surface area contributed by atoms with Crippen molar-refractivity contribution >= 4 is 40.4 Å². The summed E-state index contributed by atoms with van der Waals surface area (Å²) < 4.78 is 0. The smallest absolute Gasteiger partial charge is 0.210 e. The van der Waals surface area contributed by atoms with E-state index >= 15 is 0 Å². The molecule has 1 aliphatic heterocycles. The first-order chi connectivity index (χ1) is 10.3. The van der Waals surface area contributed by atoms with Gasteiger partial charge in [0, 0.05) is 22.2 Å². The molecule has 104 valence electrons. The summed E-state index contributed by atoms with van der Waals surface area (Å²) in [5, 5.41) is 7.66. The van der Waals surface area contributed by atoms with Gasteiger partial charge in [-0.15, -0.1) is 5.10 Å². The quantitative estimate of drug-likeness (QED) is 0.836. The van der Waals surface area contributed by atoms with Gasteiger partial charge in [-0.1, -0.05) is 65.8 Å². The van der Waals surface area contributed by atoms with Crippen molar-refractivity contribution < 1.29 is 0 Å². The van der Waals surface area contributed by atoms with Crippen LogP contribution in [0.15, 0.2) is 70.1 Å². The first-order valence-corrected chi connectivity index (χ1v) is 7.62. The summed E-state index contributed by atoms with van der Waals surface area (Å²) in [6, 6.07) is 17.6. The van der Waals surface area contributed by atoms with Crippen LogP contribution in [0.5, 0.6) is 0 Å². The third kappa shape index (κ3) is 3.74. The molecule has 0 aromatic heterocycles. The highest BCUT2D eigenvalue weighted by Crippen LogP contribution is 2.21. The van der Waals surface area contributed by atoms with Gasteiger partial charge in [-0.2, -0.15) is 0 Å². The minimum Gasteiger partial charge on any atom is -0.275 e. The van der Waals surface area contributed by atoms with Crippen molar-refractivity contribution in [1.82, 2.24) is 5.43 Å². The molecule has 5 heteroatoms. The molecule has 2 aromatic carbocycles. The molecular formula is C16H12ClN3S. The molecule has 0 spiro atoms. The summed E-state index contributed by atoms with van der Waals surface area (Å²) in [4.78, 5) is 4.35. The minimum absolute atomic E-state index is 0.671.